The van der Waals surface area contributed by atoms with Gasteiger partial charge in [-0.3, -0.25) is 9.58 Å². The van der Waals surface area contributed by atoms with Gasteiger partial charge in [-0.05, 0) is 43.8 Å². The molecule has 1 fully saturated rings. The third-order valence-electron chi connectivity index (χ3n) is 4.49. The average molecular weight is 292 g/mol. The van der Waals surface area contributed by atoms with Crippen LogP contribution >= 0.6 is 0 Å². The highest BCUT2D eigenvalue weighted by molar-refractivity contribution is 5.00. The van der Waals surface area contributed by atoms with E-state index in [2.05, 4.69) is 42.6 Å². The molecule has 2 rings (SSSR count). The second-order valence-corrected chi connectivity index (χ2v) is 7.30. The molecule has 0 unspecified atom stereocenters. The van der Waals surface area contributed by atoms with Crippen molar-refractivity contribution in [2.75, 3.05) is 19.6 Å². The lowest BCUT2D eigenvalue weighted by Gasteiger charge is -2.31. The minimum Gasteiger partial charge on any atom is -0.330 e. The van der Waals surface area contributed by atoms with E-state index in [4.69, 9.17) is 10.8 Å². The third-order valence-corrected chi connectivity index (χ3v) is 4.49. The Morgan fingerprint density at radius 3 is 2.71 bits per heavy atom. The lowest BCUT2D eigenvalue weighted by molar-refractivity contribution is 0.173. The first-order valence-corrected chi connectivity index (χ1v) is 8.50. The molecular weight excluding hydrogens is 260 g/mol. The van der Waals surface area contributed by atoms with Crippen molar-refractivity contribution >= 4 is 0 Å². The van der Waals surface area contributed by atoms with E-state index in [-0.39, 0.29) is 5.41 Å². The molecule has 1 aliphatic carbocycles. The molecular formula is C17H32N4. The van der Waals surface area contributed by atoms with Crippen molar-refractivity contribution in [2.24, 2.45) is 11.1 Å². The number of nitrogens with two attached hydrogens (primary N) is 1. The van der Waals surface area contributed by atoms with Crippen molar-refractivity contribution in [1.82, 2.24) is 14.7 Å². The van der Waals surface area contributed by atoms with Crippen molar-refractivity contribution in [3.8, 4) is 0 Å². The van der Waals surface area contributed by atoms with Crippen LogP contribution in [0.25, 0.3) is 0 Å². The van der Waals surface area contributed by atoms with E-state index >= 15 is 0 Å². The van der Waals surface area contributed by atoms with Crippen LogP contribution < -0.4 is 5.73 Å². The van der Waals surface area contributed by atoms with Crippen LogP contribution in [-0.2, 0) is 6.54 Å². The zero-order valence-corrected chi connectivity index (χ0v) is 14.0. The molecule has 1 saturated carbocycles. The summed E-state index contributed by atoms with van der Waals surface area (Å²) < 4.78 is 2.19. The Morgan fingerprint density at radius 2 is 2.10 bits per heavy atom. The summed E-state index contributed by atoms with van der Waals surface area (Å²) in [6.45, 7) is 10.5. The monoisotopic (exact) mass is 292 g/mol. The topological polar surface area (TPSA) is 47.1 Å². The first kappa shape index (κ1) is 16.5. The highest BCUT2D eigenvalue weighted by atomic mass is 15.3. The number of hydrogen-bond acceptors (Lipinski definition) is 3. The summed E-state index contributed by atoms with van der Waals surface area (Å²) in [5.74, 6) is 0. The second kappa shape index (κ2) is 7.41. The molecule has 21 heavy (non-hydrogen) atoms. The molecule has 0 saturated heterocycles. The van der Waals surface area contributed by atoms with Crippen molar-refractivity contribution in [1.29, 1.82) is 0 Å². The van der Waals surface area contributed by atoms with Gasteiger partial charge in [-0.2, -0.15) is 5.10 Å². The Hall–Kier alpha value is -0.870. The number of nitrogens with zero attached hydrogens (tertiary/aromatic N) is 3. The van der Waals surface area contributed by atoms with Gasteiger partial charge in [0, 0.05) is 19.3 Å². The number of hydrogen-bond donors (Lipinski definition) is 1. The van der Waals surface area contributed by atoms with Gasteiger partial charge in [-0.15, -0.1) is 0 Å². The molecule has 0 aliphatic heterocycles. The maximum absolute atomic E-state index is 5.88. The van der Waals surface area contributed by atoms with Crippen molar-refractivity contribution in [3.05, 3.63) is 18.0 Å². The molecule has 0 aromatic carbocycles. The van der Waals surface area contributed by atoms with Crippen LogP contribution in [0.4, 0.5) is 0 Å². The highest BCUT2D eigenvalue weighted by Crippen LogP contribution is 2.28. The fourth-order valence-corrected chi connectivity index (χ4v) is 3.26. The Kier molecular flexibility index (Phi) is 5.82. The fraction of sp³-hybridized carbons (Fsp3) is 0.824. The van der Waals surface area contributed by atoms with Crippen LogP contribution in [0.1, 0.15) is 64.6 Å². The highest BCUT2D eigenvalue weighted by Gasteiger charge is 2.21. The van der Waals surface area contributed by atoms with E-state index in [0.717, 1.165) is 26.2 Å². The Bertz CT molecular complexity index is 418. The normalized spacial score (nSPS) is 17.0. The molecule has 1 heterocycles. The predicted molar refractivity (Wildman–Crippen MR) is 88.1 cm³/mol. The van der Waals surface area contributed by atoms with Gasteiger partial charge in [0.1, 0.15) is 0 Å². The molecule has 1 aromatic heterocycles. The Labute approximate surface area is 129 Å². The quantitative estimate of drug-likeness (QED) is 0.800. The molecule has 0 radical (unpaired) electrons. The molecule has 120 valence electrons. The number of rotatable bonds is 8. The van der Waals surface area contributed by atoms with E-state index in [1.807, 2.05) is 0 Å². The zero-order valence-electron chi connectivity index (χ0n) is 14.0. The van der Waals surface area contributed by atoms with Crippen molar-refractivity contribution in [2.45, 2.75) is 65.5 Å². The standard InChI is InChI=1S/C17H32N4/c1-4-10-20(14-17(2,3)13-18)12-15-9-11-21(19-15)16-7-5-6-8-16/h9,11,16H,4-8,10,12-14,18H2,1-3H3. The van der Waals surface area contributed by atoms with Crippen molar-refractivity contribution < 1.29 is 0 Å². The predicted octanol–water partition coefficient (Wildman–Crippen LogP) is 3.20. The van der Waals surface area contributed by atoms with Crippen molar-refractivity contribution in [3.63, 3.8) is 0 Å². The summed E-state index contributed by atoms with van der Waals surface area (Å²) in [6, 6.07) is 2.83. The first-order valence-electron chi connectivity index (χ1n) is 8.50. The second-order valence-electron chi connectivity index (χ2n) is 7.30. The first-order chi connectivity index (χ1) is 10.0. The van der Waals surface area contributed by atoms with Crippen LogP contribution in [0.2, 0.25) is 0 Å². The largest absolute Gasteiger partial charge is 0.330 e. The van der Waals surface area contributed by atoms with E-state index in [9.17, 15) is 0 Å². The van der Waals surface area contributed by atoms with Crippen LogP contribution in [0.15, 0.2) is 12.3 Å². The van der Waals surface area contributed by atoms with Gasteiger partial charge in [-0.25, -0.2) is 0 Å². The SMILES string of the molecule is CCCN(Cc1ccn(C2CCCC2)n1)CC(C)(C)CN. The van der Waals surface area contributed by atoms with E-state index in [1.54, 1.807) is 0 Å². The molecule has 4 heteroatoms. The van der Waals surface area contributed by atoms with Gasteiger partial charge in [0.2, 0.25) is 0 Å². The minimum atomic E-state index is 0.170. The van der Waals surface area contributed by atoms with Gasteiger partial charge < -0.3 is 5.73 Å². The summed E-state index contributed by atoms with van der Waals surface area (Å²) in [4.78, 5) is 2.49. The zero-order chi connectivity index (χ0) is 15.3. The lowest BCUT2D eigenvalue weighted by Crippen LogP contribution is -2.38. The van der Waals surface area contributed by atoms with Gasteiger partial charge in [-0.1, -0.05) is 33.6 Å². The average Bonchev–Trinajstić information content (AvgIpc) is 3.08. The number of aromatic nitrogens is 2. The minimum absolute atomic E-state index is 0.170. The van der Waals surface area contributed by atoms with Crippen LogP contribution in [-0.4, -0.2) is 34.3 Å². The summed E-state index contributed by atoms with van der Waals surface area (Å²) >= 11 is 0. The Morgan fingerprint density at radius 1 is 1.38 bits per heavy atom. The molecule has 4 nitrogen and oxygen atoms in total. The molecule has 1 aliphatic rings. The Balaban J connectivity index is 1.96. The van der Waals surface area contributed by atoms with E-state index in [0.29, 0.717) is 6.04 Å². The molecule has 0 bridgehead atoms. The summed E-state index contributed by atoms with van der Waals surface area (Å²) in [5.41, 5.74) is 7.25. The van der Waals surface area contributed by atoms with E-state index in [1.165, 1.54) is 37.8 Å². The van der Waals surface area contributed by atoms with Gasteiger partial charge in [0.25, 0.3) is 0 Å². The molecule has 0 atom stereocenters. The fourth-order valence-electron chi connectivity index (χ4n) is 3.26. The van der Waals surface area contributed by atoms with Gasteiger partial charge in [0.05, 0.1) is 11.7 Å². The van der Waals surface area contributed by atoms with Crippen LogP contribution in [0.5, 0.6) is 0 Å². The maximum atomic E-state index is 5.88. The smallest absolute Gasteiger partial charge is 0.0764 e. The summed E-state index contributed by atoms with van der Waals surface area (Å²) in [6.07, 6.45) is 8.63. The third kappa shape index (κ3) is 4.82. The van der Waals surface area contributed by atoms with Gasteiger partial charge in [0.15, 0.2) is 0 Å². The van der Waals surface area contributed by atoms with E-state index < -0.39 is 0 Å². The molecule has 0 spiro atoms. The van der Waals surface area contributed by atoms with Crippen LogP contribution in [0.3, 0.4) is 0 Å². The molecule has 1 aromatic rings. The van der Waals surface area contributed by atoms with Crippen LogP contribution in [0, 0.1) is 5.41 Å². The summed E-state index contributed by atoms with van der Waals surface area (Å²) in [5, 5.41) is 4.81. The maximum Gasteiger partial charge on any atom is 0.0764 e. The van der Waals surface area contributed by atoms with Gasteiger partial charge >= 0.3 is 0 Å². The lowest BCUT2D eigenvalue weighted by atomic mass is 9.93. The molecule has 0 amide bonds. The molecule has 2 N–H and O–H groups in total. The summed E-state index contributed by atoms with van der Waals surface area (Å²) in [7, 11) is 0.